The highest BCUT2D eigenvalue weighted by molar-refractivity contribution is 7.18. The van der Waals surface area contributed by atoms with Gasteiger partial charge in [-0.3, -0.25) is 4.79 Å². The first-order valence-corrected chi connectivity index (χ1v) is 14.1. The Hall–Kier alpha value is -4.45. The molecule has 0 fully saturated rings. The molecule has 3 N–H and O–H groups in total. The first-order valence-electron chi connectivity index (χ1n) is 12.9. The quantitative estimate of drug-likeness (QED) is 0.176. The Balaban J connectivity index is 1.38. The normalized spacial score (nSPS) is 13.3. The lowest BCUT2D eigenvalue weighted by molar-refractivity contribution is -0.198. The fraction of sp³-hybridized carbons (Fsp3) is 0.129. The number of benzene rings is 3. The van der Waals surface area contributed by atoms with Crippen LogP contribution in [0.3, 0.4) is 0 Å². The number of aliphatic carboxylic acids is 1. The number of carbonyl (C=O) groups is 1. The van der Waals surface area contributed by atoms with Crippen LogP contribution in [0.4, 0.5) is 13.2 Å². The topological polar surface area (TPSA) is 111 Å². The van der Waals surface area contributed by atoms with Crippen LogP contribution in [-0.4, -0.2) is 33.3 Å². The first-order chi connectivity index (χ1) is 20.6. The van der Waals surface area contributed by atoms with Gasteiger partial charge in [-0.1, -0.05) is 60.1 Å². The number of ether oxygens (including phenoxy) is 1. The van der Waals surface area contributed by atoms with Crippen molar-refractivity contribution in [3.8, 4) is 28.1 Å². The van der Waals surface area contributed by atoms with Gasteiger partial charge in [0.25, 0.3) is 0 Å². The van der Waals surface area contributed by atoms with Crippen LogP contribution in [0.1, 0.15) is 17.2 Å². The van der Waals surface area contributed by atoms with E-state index in [0.717, 1.165) is 28.8 Å². The Labute approximate surface area is 251 Å². The minimum atomic E-state index is -4.81. The van der Waals surface area contributed by atoms with Crippen LogP contribution < -0.4 is 10.5 Å². The number of hydrogen-bond acceptors (Lipinski definition) is 7. The third kappa shape index (κ3) is 5.66. The molecular formula is C31H21ClF3N3O4S. The molecule has 0 saturated heterocycles. The largest absolute Gasteiger partial charge is 0.480 e. The molecule has 3 aromatic heterocycles. The van der Waals surface area contributed by atoms with E-state index in [1.807, 2.05) is 0 Å². The third-order valence-electron chi connectivity index (χ3n) is 6.95. The Morgan fingerprint density at radius 3 is 2.56 bits per heavy atom. The number of alkyl halides is 3. The number of fused-ring (bicyclic) bond motifs is 2. The maximum Gasteiger partial charge on any atom is 0.429 e. The monoisotopic (exact) mass is 623 g/mol. The Morgan fingerprint density at radius 2 is 1.81 bits per heavy atom. The SMILES string of the molecule is N[C@@H](Cc1ccc(-c2csc3c(O[C@H](c4ccc(Cl)cc4-c4coc5ccccc45)C(F)(F)F)ncnc23)cc1)C(=O)O. The van der Waals surface area contributed by atoms with Gasteiger partial charge in [0.1, 0.15) is 22.7 Å². The maximum absolute atomic E-state index is 14.7. The van der Waals surface area contributed by atoms with Crippen molar-refractivity contribution in [2.24, 2.45) is 5.73 Å². The number of aromatic nitrogens is 2. The standard InChI is InChI=1S/C31H21ClF3N3O4S/c32-18-9-10-20(21(12-18)22-13-41-25-4-2-1-3-19(22)25)28(31(33,34)35)42-29-27-26(37-15-38-29)23(14-43-27)17-7-5-16(6-8-17)11-24(36)30(39)40/h1-10,12-15,24,28H,11,36H2,(H,39,40)/t24-,28+/m0/s1. The van der Waals surface area contributed by atoms with Gasteiger partial charge in [-0.2, -0.15) is 13.2 Å². The van der Waals surface area contributed by atoms with Crippen molar-refractivity contribution in [2.75, 3.05) is 0 Å². The molecule has 0 radical (unpaired) electrons. The highest BCUT2D eigenvalue weighted by Crippen LogP contribution is 2.45. The Morgan fingerprint density at radius 1 is 1.05 bits per heavy atom. The maximum atomic E-state index is 14.7. The molecule has 0 unspecified atom stereocenters. The molecule has 6 aromatic rings. The van der Waals surface area contributed by atoms with Crippen LogP contribution in [-0.2, 0) is 11.2 Å². The summed E-state index contributed by atoms with van der Waals surface area (Å²) in [5.41, 5.74) is 9.23. The van der Waals surface area contributed by atoms with Crippen molar-refractivity contribution in [1.29, 1.82) is 0 Å². The predicted molar refractivity (Wildman–Crippen MR) is 158 cm³/mol. The molecule has 43 heavy (non-hydrogen) atoms. The van der Waals surface area contributed by atoms with E-state index in [0.29, 0.717) is 32.3 Å². The molecule has 12 heteroatoms. The minimum absolute atomic E-state index is 0.151. The van der Waals surface area contributed by atoms with Gasteiger partial charge in [0.05, 0.1) is 11.8 Å². The zero-order valence-corrected chi connectivity index (χ0v) is 23.6. The number of para-hydroxylation sites is 1. The van der Waals surface area contributed by atoms with Gasteiger partial charge in [0.15, 0.2) is 0 Å². The number of furan rings is 1. The average molecular weight is 624 g/mol. The molecule has 0 spiro atoms. The number of carboxylic acids is 1. The van der Waals surface area contributed by atoms with E-state index in [2.05, 4.69) is 9.97 Å². The summed E-state index contributed by atoms with van der Waals surface area (Å²) in [7, 11) is 0. The fourth-order valence-corrected chi connectivity index (χ4v) is 6.01. The zero-order valence-electron chi connectivity index (χ0n) is 22.0. The van der Waals surface area contributed by atoms with Crippen molar-refractivity contribution < 1.29 is 32.2 Å². The van der Waals surface area contributed by atoms with Crippen LogP contribution in [0.25, 0.3) is 43.4 Å². The molecule has 0 amide bonds. The Bertz CT molecular complexity index is 1960. The van der Waals surface area contributed by atoms with Gasteiger partial charge < -0.3 is 20.0 Å². The summed E-state index contributed by atoms with van der Waals surface area (Å²) < 4.78 is 55.8. The van der Waals surface area contributed by atoms with Crippen molar-refractivity contribution in [2.45, 2.75) is 24.7 Å². The second-order valence-electron chi connectivity index (χ2n) is 9.77. The number of nitrogens with zero attached hydrogens (tertiary/aromatic N) is 2. The summed E-state index contributed by atoms with van der Waals surface area (Å²) in [5, 5.41) is 11.7. The zero-order chi connectivity index (χ0) is 30.3. The van der Waals surface area contributed by atoms with Crippen LogP contribution in [0.15, 0.2) is 89.1 Å². The molecule has 0 bridgehead atoms. The van der Waals surface area contributed by atoms with E-state index in [9.17, 15) is 18.0 Å². The van der Waals surface area contributed by atoms with Crippen molar-refractivity contribution in [1.82, 2.24) is 9.97 Å². The number of carboxylic acid groups (broad SMARTS) is 1. The van der Waals surface area contributed by atoms with Crippen molar-refractivity contribution >= 4 is 50.1 Å². The number of nitrogens with two attached hydrogens (primary N) is 1. The summed E-state index contributed by atoms with van der Waals surface area (Å²) >= 11 is 7.40. The van der Waals surface area contributed by atoms with Gasteiger partial charge in [0, 0.05) is 32.5 Å². The average Bonchev–Trinajstić information content (AvgIpc) is 3.61. The summed E-state index contributed by atoms with van der Waals surface area (Å²) in [6, 6.07) is 17.2. The lowest BCUT2D eigenvalue weighted by Crippen LogP contribution is -2.32. The van der Waals surface area contributed by atoms with E-state index >= 15 is 0 Å². The minimum Gasteiger partial charge on any atom is -0.480 e. The molecule has 218 valence electrons. The van der Waals surface area contributed by atoms with E-state index < -0.39 is 24.3 Å². The summed E-state index contributed by atoms with van der Waals surface area (Å²) in [5.74, 6) is -1.32. The molecule has 3 heterocycles. The van der Waals surface area contributed by atoms with Gasteiger partial charge in [0.2, 0.25) is 12.0 Å². The smallest absolute Gasteiger partial charge is 0.429 e. The van der Waals surface area contributed by atoms with Gasteiger partial charge in [-0.05, 0) is 41.3 Å². The molecule has 2 atom stereocenters. The van der Waals surface area contributed by atoms with Crippen LogP contribution in [0.2, 0.25) is 5.02 Å². The van der Waals surface area contributed by atoms with E-state index in [-0.39, 0.29) is 28.5 Å². The number of hydrogen-bond donors (Lipinski definition) is 2. The third-order valence-corrected chi connectivity index (χ3v) is 8.15. The van der Waals surface area contributed by atoms with Crippen LogP contribution in [0, 0.1) is 0 Å². The molecular weight excluding hydrogens is 603 g/mol. The highest BCUT2D eigenvalue weighted by Gasteiger charge is 2.45. The molecule has 0 aliphatic carbocycles. The van der Waals surface area contributed by atoms with Crippen molar-refractivity contribution in [3.63, 3.8) is 0 Å². The van der Waals surface area contributed by atoms with E-state index in [1.165, 1.54) is 24.5 Å². The van der Waals surface area contributed by atoms with Crippen LogP contribution >= 0.6 is 22.9 Å². The second kappa shape index (κ2) is 11.3. The first kappa shape index (κ1) is 28.7. The van der Waals surface area contributed by atoms with E-state index in [4.69, 9.17) is 31.6 Å². The lowest BCUT2D eigenvalue weighted by Gasteiger charge is -2.24. The predicted octanol–water partition coefficient (Wildman–Crippen LogP) is 8.06. The fourth-order valence-electron chi connectivity index (χ4n) is 4.87. The molecule has 7 nitrogen and oxygen atoms in total. The van der Waals surface area contributed by atoms with Gasteiger partial charge in [-0.25, -0.2) is 9.97 Å². The highest BCUT2D eigenvalue weighted by atomic mass is 35.5. The van der Waals surface area contributed by atoms with E-state index in [1.54, 1.807) is 53.9 Å². The molecule has 0 saturated carbocycles. The molecule has 3 aromatic carbocycles. The lowest BCUT2D eigenvalue weighted by atomic mass is 9.95. The number of halogens is 4. The summed E-state index contributed by atoms with van der Waals surface area (Å²) in [6.07, 6.45) is -4.47. The number of thiophene rings is 1. The summed E-state index contributed by atoms with van der Waals surface area (Å²) in [4.78, 5) is 19.5. The molecule has 0 aliphatic rings. The van der Waals surface area contributed by atoms with Crippen molar-refractivity contribution in [3.05, 3.63) is 101 Å². The molecule has 0 aliphatic heterocycles. The number of rotatable bonds is 8. The van der Waals surface area contributed by atoms with Crippen LogP contribution in [0.5, 0.6) is 5.88 Å². The van der Waals surface area contributed by atoms with Gasteiger partial charge >= 0.3 is 12.1 Å². The second-order valence-corrected chi connectivity index (χ2v) is 11.1. The van der Waals surface area contributed by atoms with Gasteiger partial charge in [-0.15, -0.1) is 11.3 Å². The molecule has 6 rings (SSSR count). The Kier molecular flexibility index (Phi) is 7.55. The summed E-state index contributed by atoms with van der Waals surface area (Å²) in [6.45, 7) is 0.